The second kappa shape index (κ2) is 9.19. The van der Waals surface area contributed by atoms with Gasteiger partial charge in [0.05, 0.1) is 6.54 Å². The van der Waals surface area contributed by atoms with E-state index in [9.17, 15) is 4.79 Å². The molecule has 21 heavy (non-hydrogen) atoms. The van der Waals surface area contributed by atoms with Crippen molar-refractivity contribution in [1.29, 1.82) is 0 Å². The van der Waals surface area contributed by atoms with Crippen LogP contribution in [0.3, 0.4) is 0 Å². The lowest BCUT2D eigenvalue weighted by atomic mass is 10.1. The molecule has 0 aromatic carbocycles. The van der Waals surface area contributed by atoms with Crippen LogP contribution in [0.5, 0.6) is 0 Å². The Balaban J connectivity index is 0.00000200. The molecule has 1 aromatic heterocycles. The minimum Gasteiger partial charge on any atom is -0.340 e. The summed E-state index contributed by atoms with van der Waals surface area (Å²) < 4.78 is 5.10. The zero-order valence-corrected chi connectivity index (χ0v) is 14.0. The highest BCUT2D eigenvalue weighted by molar-refractivity contribution is 5.85. The molecule has 1 aliphatic heterocycles. The van der Waals surface area contributed by atoms with E-state index in [0.29, 0.717) is 24.8 Å². The van der Waals surface area contributed by atoms with E-state index in [1.54, 1.807) is 6.92 Å². The first-order valence-corrected chi connectivity index (χ1v) is 6.60. The molecule has 1 aliphatic rings. The molecule has 0 saturated carbocycles. The van der Waals surface area contributed by atoms with Gasteiger partial charge in [-0.1, -0.05) is 12.1 Å². The molecule has 1 atom stereocenters. The Morgan fingerprint density at radius 1 is 1.33 bits per heavy atom. The van der Waals surface area contributed by atoms with E-state index < -0.39 is 0 Å². The summed E-state index contributed by atoms with van der Waals surface area (Å²) in [5.74, 6) is 1.34. The number of nitrogens with two attached hydrogens (primary N) is 1. The van der Waals surface area contributed by atoms with Crippen LogP contribution in [0.4, 0.5) is 0 Å². The van der Waals surface area contributed by atoms with Crippen molar-refractivity contribution < 1.29 is 9.32 Å². The molecule has 0 spiro atoms. The summed E-state index contributed by atoms with van der Waals surface area (Å²) in [5, 5.41) is 3.77. The third-order valence-corrected chi connectivity index (χ3v) is 3.39. The molecule has 0 bridgehead atoms. The summed E-state index contributed by atoms with van der Waals surface area (Å²) in [6, 6.07) is 0. The maximum atomic E-state index is 12.0. The van der Waals surface area contributed by atoms with E-state index in [2.05, 4.69) is 15.0 Å². The summed E-state index contributed by atoms with van der Waals surface area (Å²) in [6.07, 6.45) is 0. The molecule has 0 aliphatic carbocycles. The maximum Gasteiger partial charge on any atom is 0.240 e. The van der Waals surface area contributed by atoms with Gasteiger partial charge in [-0.05, 0) is 6.92 Å². The van der Waals surface area contributed by atoms with Crippen molar-refractivity contribution in [3.63, 3.8) is 0 Å². The van der Waals surface area contributed by atoms with Crippen LogP contribution in [0.15, 0.2) is 4.52 Å². The van der Waals surface area contributed by atoms with E-state index in [-0.39, 0.29) is 36.6 Å². The molecule has 7 nitrogen and oxygen atoms in total. The average molecular weight is 340 g/mol. The van der Waals surface area contributed by atoms with Gasteiger partial charge < -0.3 is 15.2 Å². The molecule has 1 unspecified atom stereocenters. The number of hydrogen-bond acceptors (Lipinski definition) is 6. The number of carbonyl (C=O) groups excluding carboxylic acids is 1. The fourth-order valence-electron chi connectivity index (χ4n) is 2.13. The summed E-state index contributed by atoms with van der Waals surface area (Å²) in [5.41, 5.74) is 5.53. The number of aromatic nitrogens is 2. The number of nitrogens with zero attached hydrogens (tertiary/aromatic N) is 4. The summed E-state index contributed by atoms with van der Waals surface area (Å²) in [4.78, 5) is 20.3. The minimum atomic E-state index is -0.0925. The molecule has 2 rings (SSSR count). The van der Waals surface area contributed by atoms with Crippen molar-refractivity contribution in [2.24, 2.45) is 11.7 Å². The number of halogens is 2. The highest BCUT2D eigenvalue weighted by Crippen LogP contribution is 2.09. The summed E-state index contributed by atoms with van der Waals surface area (Å²) in [7, 11) is 0. The van der Waals surface area contributed by atoms with E-state index >= 15 is 0 Å². The van der Waals surface area contributed by atoms with Crippen LogP contribution in [0, 0.1) is 12.8 Å². The predicted octanol–water partition coefficient (Wildman–Crippen LogP) is 0.461. The van der Waals surface area contributed by atoms with E-state index in [1.807, 2.05) is 11.8 Å². The number of rotatable bonds is 4. The molecule has 1 amide bonds. The molecule has 9 heteroatoms. The highest BCUT2D eigenvalue weighted by atomic mass is 35.5. The maximum absolute atomic E-state index is 12.0. The van der Waals surface area contributed by atoms with Crippen LogP contribution in [-0.2, 0) is 11.3 Å². The molecule has 2 N–H and O–H groups in total. The van der Waals surface area contributed by atoms with Crippen LogP contribution in [0.1, 0.15) is 18.6 Å². The molecule has 0 radical (unpaired) electrons. The smallest absolute Gasteiger partial charge is 0.240 e. The van der Waals surface area contributed by atoms with Crippen LogP contribution in [0.25, 0.3) is 0 Å². The third-order valence-electron chi connectivity index (χ3n) is 3.39. The quantitative estimate of drug-likeness (QED) is 0.857. The van der Waals surface area contributed by atoms with Crippen molar-refractivity contribution >= 4 is 30.7 Å². The van der Waals surface area contributed by atoms with Crippen LogP contribution >= 0.6 is 24.8 Å². The van der Waals surface area contributed by atoms with Gasteiger partial charge in [0.25, 0.3) is 0 Å². The normalized spacial score (nSPS) is 16.8. The third kappa shape index (κ3) is 5.43. The van der Waals surface area contributed by atoms with Gasteiger partial charge in [0.1, 0.15) is 0 Å². The largest absolute Gasteiger partial charge is 0.340 e. The van der Waals surface area contributed by atoms with Crippen molar-refractivity contribution in [2.75, 3.05) is 32.7 Å². The first-order chi connectivity index (χ1) is 9.10. The van der Waals surface area contributed by atoms with Crippen LogP contribution in [0.2, 0.25) is 0 Å². The summed E-state index contributed by atoms with van der Waals surface area (Å²) in [6.45, 7) is 7.84. The van der Waals surface area contributed by atoms with Crippen molar-refractivity contribution in [3.05, 3.63) is 11.7 Å². The van der Waals surface area contributed by atoms with Gasteiger partial charge in [0.2, 0.25) is 11.8 Å². The number of aryl methyl sites for hydroxylation is 1. The van der Waals surface area contributed by atoms with Crippen LogP contribution in [-0.4, -0.2) is 58.6 Å². The Labute approximate surface area is 137 Å². The van der Waals surface area contributed by atoms with Gasteiger partial charge in [-0.3, -0.25) is 9.69 Å². The molecular formula is C12H23Cl2N5O2. The zero-order chi connectivity index (χ0) is 13.8. The number of hydrogen-bond donors (Lipinski definition) is 1. The second-order valence-corrected chi connectivity index (χ2v) is 4.97. The molecule has 2 heterocycles. The average Bonchev–Trinajstić information content (AvgIpc) is 2.83. The van der Waals surface area contributed by atoms with Gasteiger partial charge in [-0.25, -0.2) is 0 Å². The fourth-order valence-corrected chi connectivity index (χ4v) is 2.13. The first kappa shape index (κ1) is 20.1. The Morgan fingerprint density at radius 3 is 2.43 bits per heavy atom. The molecule has 1 saturated heterocycles. The molecule has 1 aromatic rings. The number of carbonyl (C=O) groups is 1. The molecular weight excluding hydrogens is 317 g/mol. The van der Waals surface area contributed by atoms with Gasteiger partial charge in [-0.15, -0.1) is 24.8 Å². The van der Waals surface area contributed by atoms with E-state index in [1.165, 1.54) is 0 Å². The van der Waals surface area contributed by atoms with E-state index in [0.717, 1.165) is 26.2 Å². The monoisotopic (exact) mass is 339 g/mol. The first-order valence-electron chi connectivity index (χ1n) is 6.60. The van der Waals surface area contributed by atoms with Gasteiger partial charge >= 0.3 is 0 Å². The minimum absolute atomic E-state index is 0. The fraction of sp³-hybridized carbons (Fsp3) is 0.750. The summed E-state index contributed by atoms with van der Waals surface area (Å²) >= 11 is 0. The highest BCUT2D eigenvalue weighted by Gasteiger charge is 2.24. The van der Waals surface area contributed by atoms with Gasteiger partial charge in [-0.2, -0.15) is 4.98 Å². The SMILES string of the molecule is Cc1noc(CN2CCN(C(=O)C(C)CN)CC2)n1.Cl.Cl. The standard InChI is InChI=1S/C12H21N5O2.2ClH/c1-9(7-13)12(18)17-5-3-16(4-6-17)8-11-14-10(2)15-19-11;;/h9H,3-8,13H2,1-2H3;2*1H. The van der Waals surface area contributed by atoms with Crippen molar-refractivity contribution in [2.45, 2.75) is 20.4 Å². The Morgan fingerprint density at radius 2 is 1.95 bits per heavy atom. The van der Waals surface area contributed by atoms with Crippen LogP contribution < -0.4 is 5.73 Å². The Hall–Kier alpha value is -0.890. The lowest BCUT2D eigenvalue weighted by molar-refractivity contribution is -0.136. The number of amides is 1. The second-order valence-electron chi connectivity index (χ2n) is 4.97. The zero-order valence-electron chi connectivity index (χ0n) is 12.3. The predicted molar refractivity (Wildman–Crippen MR) is 83.6 cm³/mol. The topological polar surface area (TPSA) is 88.5 Å². The van der Waals surface area contributed by atoms with Gasteiger partial charge in [0.15, 0.2) is 5.82 Å². The molecule has 1 fully saturated rings. The van der Waals surface area contributed by atoms with Crippen molar-refractivity contribution in [3.8, 4) is 0 Å². The Kier molecular flexibility index (Phi) is 8.80. The number of piperazine rings is 1. The van der Waals surface area contributed by atoms with E-state index in [4.69, 9.17) is 10.3 Å². The Bertz CT molecular complexity index is 435. The van der Waals surface area contributed by atoms with Crippen molar-refractivity contribution in [1.82, 2.24) is 19.9 Å². The lowest BCUT2D eigenvalue weighted by Gasteiger charge is -2.35. The lowest BCUT2D eigenvalue weighted by Crippen LogP contribution is -2.50. The van der Waals surface area contributed by atoms with Gasteiger partial charge in [0, 0.05) is 38.6 Å². The molecule has 122 valence electrons.